The van der Waals surface area contributed by atoms with Gasteiger partial charge in [-0.15, -0.1) is 0 Å². The van der Waals surface area contributed by atoms with Crippen LogP contribution < -0.4 is 11.1 Å². The van der Waals surface area contributed by atoms with Gasteiger partial charge in [-0.05, 0) is 32.6 Å². The highest BCUT2D eigenvalue weighted by Gasteiger charge is 2.23. The molecule has 0 aromatic heterocycles. The molecule has 5 heteroatoms. The predicted molar refractivity (Wildman–Crippen MR) is 68.7 cm³/mol. The Morgan fingerprint density at radius 1 is 1.33 bits per heavy atom. The second kappa shape index (κ2) is 7.16. The smallest absolute Gasteiger partial charge is 0.333 e. The standard InChI is InChI=1S/C13H22N2O3/c1-9(13(17)18-2)7-8-15-11-5-3-10(4-6-11)12(14)16/h7,10-11,15H,3-6,8H2,1-2H3,(H2,14,16). The number of rotatable bonds is 5. The first-order chi connectivity index (χ1) is 8.54. The third-order valence-electron chi connectivity index (χ3n) is 3.45. The van der Waals surface area contributed by atoms with Crippen molar-refractivity contribution in [1.82, 2.24) is 5.32 Å². The SMILES string of the molecule is COC(=O)C(C)=CCNC1CCC(C(N)=O)CC1. The van der Waals surface area contributed by atoms with Crippen LogP contribution in [0.3, 0.4) is 0 Å². The van der Waals surface area contributed by atoms with Crippen LogP contribution in [0, 0.1) is 5.92 Å². The number of nitrogens with two attached hydrogens (primary N) is 1. The highest BCUT2D eigenvalue weighted by molar-refractivity contribution is 5.87. The summed E-state index contributed by atoms with van der Waals surface area (Å²) in [5, 5.41) is 3.35. The van der Waals surface area contributed by atoms with Crippen molar-refractivity contribution in [2.45, 2.75) is 38.6 Å². The van der Waals surface area contributed by atoms with Gasteiger partial charge in [0.25, 0.3) is 0 Å². The van der Waals surface area contributed by atoms with Gasteiger partial charge in [-0.25, -0.2) is 4.79 Å². The zero-order chi connectivity index (χ0) is 13.5. The molecule has 1 rings (SSSR count). The Morgan fingerprint density at radius 2 is 1.94 bits per heavy atom. The summed E-state index contributed by atoms with van der Waals surface area (Å²) in [6.07, 6.45) is 5.45. The van der Waals surface area contributed by atoms with E-state index in [9.17, 15) is 9.59 Å². The molecule has 18 heavy (non-hydrogen) atoms. The molecule has 0 aliphatic heterocycles. The van der Waals surface area contributed by atoms with Crippen LogP contribution in [-0.4, -0.2) is 31.6 Å². The Balaban J connectivity index is 2.26. The lowest BCUT2D eigenvalue weighted by molar-refractivity contribution is -0.136. The molecule has 1 aliphatic carbocycles. The van der Waals surface area contributed by atoms with Crippen LogP contribution in [0.1, 0.15) is 32.6 Å². The highest BCUT2D eigenvalue weighted by atomic mass is 16.5. The molecule has 0 radical (unpaired) electrons. The van der Waals surface area contributed by atoms with Gasteiger partial charge < -0.3 is 15.8 Å². The van der Waals surface area contributed by atoms with Gasteiger partial charge in [-0.2, -0.15) is 0 Å². The van der Waals surface area contributed by atoms with Crippen molar-refractivity contribution in [2.75, 3.05) is 13.7 Å². The van der Waals surface area contributed by atoms with E-state index in [4.69, 9.17) is 5.73 Å². The number of carbonyl (C=O) groups is 2. The number of methoxy groups -OCH3 is 1. The minimum atomic E-state index is -0.297. The normalized spacial score (nSPS) is 24.7. The fourth-order valence-electron chi connectivity index (χ4n) is 2.21. The van der Waals surface area contributed by atoms with Crippen molar-refractivity contribution in [3.63, 3.8) is 0 Å². The zero-order valence-corrected chi connectivity index (χ0v) is 11.1. The molecule has 5 nitrogen and oxygen atoms in total. The minimum absolute atomic E-state index is 0.0374. The predicted octanol–water partition coefficient (Wildman–Crippen LogP) is 0.739. The molecule has 0 aromatic carbocycles. The maximum absolute atomic E-state index is 11.1. The second-order valence-corrected chi connectivity index (χ2v) is 4.74. The quantitative estimate of drug-likeness (QED) is 0.560. The van der Waals surface area contributed by atoms with Gasteiger partial charge in [-0.1, -0.05) is 6.08 Å². The Kier molecular flexibility index (Phi) is 5.85. The van der Waals surface area contributed by atoms with E-state index in [0.717, 1.165) is 25.7 Å². The molecule has 0 heterocycles. The molecule has 3 N–H and O–H groups in total. The third kappa shape index (κ3) is 4.49. The van der Waals surface area contributed by atoms with E-state index in [-0.39, 0.29) is 17.8 Å². The van der Waals surface area contributed by atoms with Crippen LogP contribution in [-0.2, 0) is 14.3 Å². The van der Waals surface area contributed by atoms with Crippen molar-refractivity contribution in [3.05, 3.63) is 11.6 Å². The summed E-state index contributed by atoms with van der Waals surface area (Å²) >= 11 is 0. The Bertz CT molecular complexity index is 331. The zero-order valence-electron chi connectivity index (χ0n) is 11.1. The maximum atomic E-state index is 11.1. The largest absolute Gasteiger partial charge is 0.466 e. The van der Waals surface area contributed by atoms with Gasteiger partial charge in [0, 0.05) is 24.1 Å². The number of amides is 1. The first-order valence-electron chi connectivity index (χ1n) is 6.32. The number of ether oxygens (including phenoxy) is 1. The van der Waals surface area contributed by atoms with Gasteiger partial charge in [-0.3, -0.25) is 4.79 Å². The Hall–Kier alpha value is -1.36. The molecule has 1 fully saturated rings. The summed E-state index contributed by atoms with van der Waals surface area (Å²) < 4.78 is 4.61. The van der Waals surface area contributed by atoms with Gasteiger partial charge >= 0.3 is 5.97 Å². The van der Waals surface area contributed by atoms with E-state index in [1.54, 1.807) is 6.92 Å². The van der Waals surface area contributed by atoms with E-state index in [1.807, 2.05) is 6.08 Å². The monoisotopic (exact) mass is 254 g/mol. The lowest BCUT2D eigenvalue weighted by Crippen LogP contribution is -2.36. The van der Waals surface area contributed by atoms with E-state index in [1.165, 1.54) is 7.11 Å². The van der Waals surface area contributed by atoms with Gasteiger partial charge in [0.1, 0.15) is 0 Å². The number of carbonyl (C=O) groups excluding carboxylic acids is 2. The van der Waals surface area contributed by atoms with E-state index in [2.05, 4.69) is 10.1 Å². The van der Waals surface area contributed by atoms with E-state index < -0.39 is 0 Å². The minimum Gasteiger partial charge on any atom is -0.466 e. The molecule has 102 valence electrons. The molecular weight excluding hydrogens is 232 g/mol. The summed E-state index contributed by atoms with van der Waals surface area (Å²) in [6, 6.07) is 0.405. The summed E-state index contributed by atoms with van der Waals surface area (Å²) in [6.45, 7) is 2.38. The molecule has 0 aromatic rings. The molecule has 0 spiro atoms. The lowest BCUT2D eigenvalue weighted by Gasteiger charge is -2.27. The van der Waals surface area contributed by atoms with Crippen molar-refractivity contribution >= 4 is 11.9 Å². The topological polar surface area (TPSA) is 81.4 Å². The van der Waals surface area contributed by atoms with Crippen LogP contribution in [0.15, 0.2) is 11.6 Å². The fraction of sp³-hybridized carbons (Fsp3) is 0.692. The van der Waals surface area contributed by atoms with Crippen LogP contribution in [0.4, 0.5) is 0 Å². The summed E-state index contributed by atoms with van der Waals surface area (Å²) in [5.74, 6) is -0.445. The number of hydrogen-bond acceptors (Lipinski definition) is 4. The Morgan fingerprint density at radius 3 is 2.44 bits per heavy atom. The highest BCUT2D eigenvalue weighted by Crippen LogP contribution is 2.23. The summed E-state index contributed by atoms with van der Waals surface area (Å²) in [4.78, 5) is 22.2. The summed E-state index contributed by atoms with van der Waals surface area (Å²) in [7, 11) is 1.37. The maximum Gasteiger partial charge on any atom is 0.333 e. The van der Waals surface area contributed by atoms with Crippen LogP contribution >= 0.6 is 0 Å². The third-order valence-corrected chi connectivity index (χ3v) is 3.45. The molecule has 0 unspecified atom stereocenters. The Labute approximate surface area is 108 Å². The molecular formula is C13H22N2O3. The van der Waals surface area contributed by atoms with Crippen LogP contribution in [0.5, 0.6) is 0 Å². The molecule has 1 saturated carbocycles. The number of esters is 1. The average molecular weight is 254 g/mol. The molecule has 0 bridgehead atoms. The number of primary amides is 1. The molecule has 0 saturated heterocycles. The molecule has 1 amide bonds. The first kappa shape index (κ1) is 14.7. The number of hydrogen-bond donors (Lipinski definition) is 2. The van der Waals surface area contributed by atoms with Gasteiger partial charge in [0.15, 0.2) is 0 Å². The van der Waals surface area contributed by atoms with Crippen molar-refractivity contribution < 1.29 is 14.3 Å². The lowest BCUT2D eigenvalue weighted by atomic mass is 9.85. The van der Waals surface area contributed by atoms with Crippen LogP contribution in [0.25, 0.3) is 0 Å². The number of nitrogens with one attached hydrogen (secondary N) is 1. The first-order valence-corrected chi connectivity index (χ1v) is 6.32. The van der Waals surface area contributed by atoms with Crippen molar-refractivity contribution in [1.29, 1.82) is 0 Å². The molecule has 1 aliphatic rings. The van der Waals surface area contributed by atoms with Gasteiger partial charge in [0.2, 0.25) is 5.91 Å². The van der Waals surface area contributed by atoms with Crippen LogP contribution in [0.2, 0.25) is 0 Å². The van der Waals surface area contributed by atoms with Crippen molar-refractivity contribution in [3.8, 4) is 0 Å². The summed E-state index contributed by atoms with van der Waals surface area (Å²) in [5.41, 5.74) is 5.89. The average Bonchev–Trinajstić information content (AvgIpc) is 2.38. The van der Waals surface area contributed by atoms with Crippen molar-refractivity contribution in [2.24, 2.45) is 11.7 Å². The fourth-order valence-corrected chi connectivity index (χ4v) is 2.21. The van der Waals surface area contributed by atoms with Gasteiger partial charge in [0.05, 0.1) is 7.11 Å². The second-order valence-electron chi connectivity index (χ2n) is 4.74. The van der Waals surface area contributed by atoms with E-state index >= 15 is 0 Å². The van der Waals surface area contributed by atoms with E-state index in [0.29, 0.717) is 18.2 Å². The molecule has 0 atom stereocenters.